The SMILES string of the molecule is O=[N+]([O-])c1cccc(O[C@H]2CCCC[C@@H]2O)c1Br. The van der Waals surface area contributed by atoms with Gasteiger partial charge >= 0.3 is 0 Å². The van der Waals surface area contributed by atoms with Crippen LogP contribution in [0.4, 0.5) is 5.69 Å². The third-order valence-corrected chi connectivity index (χ3v) is 3.88. The zero-order chi connectivity index (χ0) is 13.1. The summed E-state index contributed by atoms with van der Waals surface area (Å²) in [5.74, 6) is 0.412. The molecule has 0 saturated heterocycles. The Morgan fingerprint density at radius 2 is 2.11 bits per heavy atom. The zero-order valence-electron chi connectivity index (χ0n) is 9.71. The summed E-state index contributed by atoms with van der Waals surface area (Å²) in [5, 5.41) is 20.6. The Labute approximate surface area is 113 Å². The second-order valence-electron chi connectivity index (χ2n) is 4.35. The Morgan fingerprint density at radius 3 is 2.78 bits per heavy atom. The van der Waals surface area contributed by atoms with E-state index < -0.39 is 11.0 Å². The van der Waals surface area contributed by atoms with Crippen molar-refractivity contribution in [2.45, 2.75) is 37.9 Å². The molecule has 0 unspecified atom stereocenters. The standard InChI is InChI=1S/C12H14BrNO4/c13-12-8(14(16)17)4-3-7-11(12)18-10-6-2-1-5-9(10)15/h3-4,7,9-10,15H,1-2,5-6H2/t9-,10-/m0/s1. The Bertz CT molecular complexity index is 452. The number of nitro groups is 1. The minimum Gasteiger partial charge on any atom is -0.486 e. The molecule has 98 valence electrons. The van der Waals surface area contributed by atoms with Gasteiger partial charge in [-0.1, -0.05) is 12.5 Å². The molecular formula is C12H14BrNO4. The molecule has 0 bridgehead atoms. The average Bonchev–Trinajstić information content (AvgIpc) is 2.34. The first-order valence-electron chi connectivity index (χ1n) is 5.87. The van der Waals surface area contributed by atoms with Gasteiger partial charge in [-0.2, -0.15) is 0 Å². The van der Waals surface area contributed by atoms with Crippen LogP contribution in [0.3, 0.4) is 0 Å². The molecule has 1 aliphatic rings. The average molecular weight is 316 g/mol. The molecule has 1 aliphatic carbocycles. The van der Waals surface area contributed by atoms with E-state index in [1.54, 1.807) is 12.1 Å². The summed E-state index contributed by atoms with van der Waals surface area (Å²) in [5.41, 5.74) is -0.0298. The molecular weight excluding hydrogens is 302 g/mol. The maximum Gasteiger partial charge on any atom is 0.287 e. The van der Waals surface area contributed by atoms with E-state index in [1.807, 2.05) is 0 Å². The van der Waals surface area contributed by atoms with Gasteiger partial charge < -0.3 is 9.84 Å². The number of ether oxygens (including phenoxy) is 1. The smallest absolute Gasteiger partial charge is 0.287 e. The van der Waals surface area contributed by atoms with Crippen LogP contribution in [0, 0.1) is 10.1 Å². The molecule has 1 aromatic rings. The normalized spacial score (nSPS) is 23.7. The number of hydrogen-bond acceptors (Lipinski definition) is 4. The van der Waals surface area contributed by atoms with Gasteiger partial charge in [0.15, 0.2) is 0 Å². The van der Waals surface area contributed by atoms with Crippen molar-refractivity contribution in [3.63, 3.8) is 0 Å². The van der Waals surface area contributed by atoms with Crippen LogP contribution in [-0.4, -0.2) is 22.2 Å². The molecule has 0 aliphatic heterocycles. The number of aliphatic hydroxyl groups excluding tert-OH is 1. The quantitative estimate of drug-likeness (QED) is 0.687. The molecule has 2 rings (SSSR count). The van der Waals surface area contributed by atoms with E-state index in [2.05, 4.69) is 15.9 Å². The fourth-order valence-electron chi connectivity index (χ4n) is 2.11. The zero-order valence-corrected chi connectivity index (χ0v) is 11.3. The number of nitrogens with zero attached hydrogens (tertiary/aromatic N) is 1. The van der Waals surface area contributed by atoms with Crippen LogP contribution in [0.1, 0.15) is 25.7 Å². The molecule has 0 spiro atoms. The van der Waals surface area contributed by atoms with Crippen LogP contribution in [0.15, 0.2) is 22.7 Å². The molecule has 1 N–H and O–H groups in total. The van der Waals surface area contributed by atoms with E-state index in [0.29, 0.717) is 10.2 Å². The summed E-state index contributed by atoms with van der Waals surface area (Å²) < 4.78 is 6.01. The minimum atomic E-state index is -0.495. The van der Waals surface area contributed by atoms with Gasteiger partial charge in [-0.05, 0) is 41.3 Å². The molecule has 5 nitrogen and oxygen atoms in total. The Hall–Kier alpha value is -1.14. The van der Waals surface area contributed by atoms with E-state index in [1.165, 1.54) is 6.07 Å². The van der Waals surface area contributed by atoms with Crippen molar-refractivity contribution in [3.8, 4) is 5.75 Å². The molecule has 0 heterocycles. The largest absolute Gasteiger partial charge is 0.486 e. The monoisotopic (exact) mass is 315 g/mol. The summed E-state index contributed by atoms with van der Waals surface area (Å²) in [6, 6.07) is 4.65. The van der Waals surface area contributed by atoms with Gasteiger partial charge in [0.2, 0.25) is 0 Å². The lowest BCUT2D eigenvalue weighted by Gasteiger charge is -2.28. The van der Waals surface area contributed by atoms with Gasteiger partial charge in [0.1, 0.15) is 16.3 Å². The van der Waals surface area contributed by atoms with Gasteiger partial charge in [0.05, 0.1) is 11.0 Å². The topological polar surface area (TPSA) is 72.6 Å². The van der Waals surface area contributed by atoms with Crippen molar-refractivity contribution in [2.24, 2.45) is 0 Å². The van der Waals surface area contributed by atoms with Crippen molar-refractivity contribution < 1.29 is 14.8 Å². The number of nitro benzene ring substituents is 1. The molecule has 2 atom stereocenters. The van der Waals surface area contributed by atoms with Crippen LogP contribution in [0.2, 0.25) is 0 Å². The molecule has 0 amide bonds. The Morgan fingerprint density at radius 1 is 1.39 bits per heavy atom. The van der Waals surface area contributed by atoms with Crippen molar-refractivity contribution in [3.05, 3.63) is 32.8 Å². The van der Waals surface area contributed by atoms with Crippen LogP contribution in [0.5, 0.6) is 5.75 Å². The van der Waals surface area contributed by atoms with Crippen LogP contribution < -0.4 is 4.74 Å². The molecule has 0 aromatic heterocycles. The molecule has 18 heavy (non-hydrogen) atoms. The highest BCUT2D eigenvalue weighted by Crippen LogP contribution is 2.35. The summed E-state index contributed by atoms with van der Waals surface area (Å²) in [7, 11) is 0. The third kappa shape index (κ3) is 2.81. The third-order valence-electron chi connectivity index (χ3n) is 3.09. The fourth-order valence-corrected chi connectivity index (χ4v) is 2.61. The van der Waals surface area contributed by atoms with Crippen LogP contribution in [0.25, 0.3) is 0 Å². The van der Waals surface area contributed by atoms with Gasteiger partial charge in [-0.3, -0.25) is 10.1 Å². The van der Waals surface area contributed by atoms with E-state index in [0.717, 1.165) is 25.7 Å². The van der Waals surface area contributed by atoms with E-state index in [-0.39, 0.29) is 11.8 Å². The highest BCUT2D eigenvalue weighted by atomic mass is 79.9. The summed E-state index contributed by atoms with van der Waals surface area (Å²) >= 11 is 3.18. The highest BCUT2D eigenvalue weighted by molar-refractivity contribution is 9.10. The first-order chi connectivity index (χ1) is 8.59. The Kier molecular flexibility index (Phi) is 4.19. The predicted molar refractivity (Wildman–Crippen MR) is 69.7 cm³/mol. The van der Waals surface area contributed by atoms with Crippen molar-refractivity contribution in [1.29, 1.82) is 0 Å². The first kappa shape index (κ1) is 13.3. The summed E-state index contributed by atoms with van der Waals surface area (Å²) in [4.78, 5) is 10.3. The molecule has 1 saturated carbocycles. The lowest BCUT2D eigenvalue weighted by atomic mass is 9.95. The maximum atomic E-state index is 10.8. The number of aliphatic hydroxyl groups is 1. The first-order valence-corrected chi connectivity index (χ1v) is 6.66. The van der Waals surface area contributed by atoms with Gasteiger partial charge in [0.25, 0.3) is 5.69 Å². The second-order valence-corrected chi connectivity index (χ2v) is 5.15. The maximum absolute atomic E-state index is 10.8. The lowest BCUT2D eigenvalue weighted by molar-refractivity contribution is -0.385. The summed E-state index contributed by atoms with van der Waals surface area (Å²) in [6.07, 6.45) is 2.72. The molecule has 1 aromatic carbocycles. The minimum absolute atomic E-state index is 0.0298. The Balaban J connectivity index is 2.18. The van der Waals surface area contributed by atoms with E-state index >= 15 is 0 Å². The van der Waals surface area contributed by atoms with Crippen molar-refractivity contribution in [1.82, 2.24) is 0 Å². The number of benzene rings is 1. The van der Waals surface area contributed by atoms with E-state index in [4.69, 9.17) is 4.74 Å². The number of hydrogen-bond donors (Lipinski definition) is 1. The molecule has 6 heteroatoms. The van der Waals surface area contributed by atoms with Crippen LogP contribution in [-0.2, 0) is 0 Å². The second kappa shape index (κ2) is 5.67. The number of rotatable bonds is 3. The molecule has 1 fully saturated rings. The predicted octanol–water partition coefficient (Wildman–Crippen LogP) is 3.04. The van der Waals surface area contributed by atoms with Gasteiger partial charge in [0, 0.05) is 6.07 Å². The van der Waals surface area contributed by atoms with Crippen LogP contribution >= 0.6 is 15.9 Å². The van der Waals surface area contributed by atoms with Crippen molar-refractivity contribution in [2.75, 3.05) is 0 Å². The van der Waals surface area contributed by atoms with Gasteiger partial charge in [-0.25, -0.2) is 0 Å². The molecule has 0 radical (unpaired) electrons. The number of halogens is 1. The van der Waals surface area contributed by atoms with Gasteiger partial charge in [-0.15, -0.1) is 0 Å². The van der Waals surface area contributed by atoms with Crippen molar-refractivity contribution >= 4 is 21.6 Å². The van der Waals surface area contributed by atoms with E-state index in [9.17, 15) is 15.2 Å². The fraction of sp³-hybridized carbons (Fsp3) is 0.500. The summed E-state index contributed by atoms with van der Waals surface area (Å²) in [6.45, 7) is 0. The highest BCUT2D eigenvalue weighted by Gasteiger charge is 2.26. The lowest BCUT2D eigenvalue weighted by Crippen LogP contribution is -2.34.